The van der Waals surface area contributed by atoms with E-state index >= 15 is 0 Å². The lowest BCUT2D eigenvalue weighted by atomic mass is 10.1. The summed E-state index contributed by atoms with van der Waals surface area (Å²) >= 11 is 0. The molecule has 1 N–H and O–H groups in total. The number of rotatable bonds is 17. The summed E-state index contributed by atoms with van der Waals surface area (Å²) in [6.45, 7) is 7.72. The minimum atomic E-state index is -0.150. The van der Waals surface area contributed by atoms with Crippen molar-refractivity contribution >= 4 is 5.91 Å². The van der Waals surface area contributed by atoms with Crippen LogP contribution in [0.5, 0.6) is 11.5 Å². The maximum Gasteiger partial charge on any atom is 0.316 e. The van der Waals surface area contributed by atoms with Gasteiger partial charge in [-0.15, -0.1) is 0 Å². The van der Waals surface area contributed by atoms with Crippen LogP contribution in [0, 0.1) is 0 Å². The number of pyridine rings is 1. The Morgan fingerprint density at radius 1 is 0.914 bits per heavy atom. The lowest BCUT2D eigenvalue weighted by molar-refractivity contribution is -0.695. The van der Waals surface area contributed by atoms with Crippen molar-refractivity contribution in [3.8, 4) is 11.5 Å². The molecule has 196 valence electrons. The second-order valence-corrected chi connectivity index (χ2v) is 9.01. The minimum Gasteiger partial charge on any atom is -1.00 e. The Morgan fingerprint density at radius 2 is 1.57 bits per heavy atom. The summed E-state index contributed by atoms with van der Waals surface area (Å²) < 4.78 is 13.5. The fourth-order valence-electron chi connectivity index (χ4n) is 4.16. The molecule has 35 heavy (non-hydrogen) atoms. The first-order valence-electron chi connectivity index (χ1n) is 13.2. The number of nitrogens with one attached hydrogen (secondary N) is 1. The molecule has 6 heteroatoms. The first-order chi connectivity index (χ1) is 16.6. The van der Waals surface area contributed by atoms with Crippen LogP contribution in [-0.2, 0) is 6.54 Å². The number of aromatic nitrogens is 1. The third-order valence-corrected chi connectivity index (χ3v) is 6.30. The predicted molar refractivity (Wildman–Crippen MR) is 139 cm³/mol. The summed E-state index contributed by atoms with van der Waals surface area (Å²) in [4.78, 5) is 12.8. The van der Waals surface area contributed by atoms with Crippen LogP contribution in [0.4, 0.5) is 0 Å². The van der Waals surface area contributed by atoms with Crippen LogP contribution in [0.3, 0.4) is 0 Å². The van der Waals surface area contributed by atoms with E-state index in [0.717, 1.165) is 24.3 Å². The molecule has 0 saturated carbocycles. The van der Waals surface area contributed by atoms with Gasteiger partial charge in [0.05, 0.1) is 19.8 Å². The van der Waals surface area contributed by atoms with Crippen LogP contribution in [0.1, 0.15) is 107 Å². The van der Waals surface area contributed by atoms with E-state index in [2.05, 4.69) is 12.2 Å². The van der Waals surface area contributed by atoms with E-state index in [-0.39, 0.29) is 35.9 Å². The van der Waals surface area contributed by atoms with E-state index in [1.165, 1.54) is 57.8 Å². The molecule has 0 aliphatic rings. The van der Waals surface area contributed by atoms with E-state index in [0.29, 0.717) is 18.1 Å². The van der Waals surface area contributed by atoms with Gasteiger partial charge in [0.15, 0.2) is 17.7 Å². The van der Waals surface area contributed by atoms with E-state index < -0.39 is 0 Å². The molecule has 2 rings (SSSR count). The molecule has 1 unspecified atom stereocenters. The molecule has 0 saturated heterocycles. The standard InChI is InChI=1S/C29H44N2O3.HI/c1-5-7-8-9-10-11-12-13-14-17-22-34-27-20-19-25(23-28(27)33-4)24(3)30-29(32)26-18-15-16-21-31(26)6-2;/h15-16,18-21,23-24H,5-14,17,22H2,1-4H3;1H. The average molecular weight is 597 g/mol. The van der Waals surface area contributed by atoms with Gasteiger partial charge in [0, 0.05) is 12.1 Å². The zero-order valence-corrected chi connectivity index (χ0v) is 24.3. The van der Waals surface area contributed by atoms with Crippen molar-refractivity contribution in [2.45, 2.75) is 97.6 Å². The van der Waals surface area contributed by atoms with Gasteiger partial charge in [0.25, 0.3) is 5.69 Å². The second-order valence-electron chi connectivity index (χ2n) is 9.01. The van der Waals surface area contributed by atoms with Crippen molar-refractivity contribution < 1.29 is 42.8 Å². The van der Waals surface area contributed by atoms with E-state index in [1.807, 2.05) is 61.0 Å². The summed E-state index contributed by atoms with van der Waals surface area (Å²) in [7, 11) is 1.66. The molecular formula is C29H45IN2O3. The van der Waals surface area contributed by atoms with Crippen molar-refractivity contribution in [2.24, 2.45) is 0 Å². The van der Waals surface area contributed by atoms with Crippen molar-refractivity contribution in [2.75, 3.05) is 13.7 Å². The molecule has 0 bridgehead atoms. The van der Waals surface area contributed by atoms with Gasteiger partial charge in [-0.3, -0.25) is 4.79 Å². The molecule has 0 radical (unpaired) electrons. The third kappa shape index (κ3) is 11.2. The first-order valence-corrected chi connectivity index (χ1v) is 13.2. The smallest absolute Gasteiger partial charge is 0.316 e. The number of nitrogens with zero attached hydrogens (tertiary/aromatic N) is 1. The van der Waals surface area contributed by atoms with E-state index in [4.69, 9.17) is 9.47 Å². The van der Waals surface area contributed by atoms with Crippen LogP contribution in [-0.4, -0.2) is 19.6 Å². The van der Waals surface area contributed by atoms with Crippen LogP contribution in [0.2, 0.25) is 0 Å². The SMILES string of the molecule is CCCCCCCCCCCCOc1ccc(C(C)NC(=O)c2cccc[n+]2CC)cc1OC.[I-]. The maximum atomic E-state index is 12.8. The van der Waals surface area contributed by atoms with Gasteiger partial charge in [-0.05, 0) is 44.0 Å². The lowest BCUT2D eigenvalue weighted by Crippen LogP contribution is -3.00. The summed E-state index contributed by atoms with van der Waals surface area (Å²) in [5.74, 6) is 1.37. The molecule has 0 spiro atoms. The molecule has 5 nitrogen and oxygen atoms in total. The van der Waals surface area contributed by atoms with Crippen LogP contribution in [0.15, 0.2) is 42.6 Å². The van der Waals surface area contributed by atoms with Crippen LogP contribution >= 0.6 is 0 Å². The maximum absolute atomic E-state index is 12.8. The highest BCUT2D eigenvalue weighted by Crippen LogP contribution is 2.30. The third-order valence-electron chi connectivity index (χ3n) is 6.30. The van der Waals surface area contributed by atoms with Gasteiger partial charge in [-0.25, -0.2) is 0 Å². The van der Waals surface area contributed by atoms with Gasteiger partial charge in [0.1, 0.15) is 6.54 Å². The number of methoxy groups -OCH3 is 1. The Bertz CT molecular complexity index is 860. The highest BCUT2D eigenvalue weighted by molar-refractivity contribution is 5.91. The van der Waals surface area contributed by atoms with Crippen molar-refractivity contribution in [3.63, 3.8) is 0 Å². The number of hydrogen-bond donors (Lipinski definition) is 1. The Hall–Kier alpha value is -1.83. The molecule has 1 aromatic carbocycles. The van der Waals surface area contributed by atoms with Gasteiger partial charge >= 0.3 is 5.91 Å². The van der Waals surface area contributed by atoms with E-state index in [1.54, 1.807) is 7.11 Å². The molecule has 0 aliphatic carbocycles. The minimum absolute atomic E-state index is 0. The molecule has 1 atom stereocenters. The van der Waals surface area contributed by atoms with E-state index in [9.17, 15) is 4.79 Å². The predicted octanol–water partition coefficient (Wildman–Crippen LogP) is 3.80. The molecule has 1 amide bonds. The topological polar surface area (TPSA) is 51.4 Å². The first kappa shape index (κ1) is 31.2. The molecule has 0 fully saturated rings. The Morgan fingerprint density at radius 3 is 2.20 bits per heavy atom. The number of unbranched alkanes of at least 4 members (excludes halogenated alkanes) is 9. The fraction of sp³-hybridized carbons (Fsp3) is 0.586. The average Bonchev–Trinajstić information content (AvgIpc) is 2.87. The molecule has 1 aromatic heterocycles. The number of ether oxygens (including phenoxy) is 2. The molecule has 1 heterocycles. The highest BCUT2D eigenvalue weighted by atomic mass is 127. The van der Waals surface area contributed by atoms with Crippen LogP contribution in [0.25, 0.3) is 0 Å². The lowest BCUT2D eigenvalue weighted by Gasteiger charge is -2.17. The van der Waals surface area contributed by atoms with Crippen molar-refractivity contribution in [1.29, 1.82) is 0 Å². The monoisotopic (exact) mass is 596 g/mol. The molecule has 0 aliphatic heterocycles. The van der Waals surface area contributed by atoms with Crippen LogP contribution < -0.4 is 43.3 Å². The summed E-state index contributed by atoms with van der Waals surface area (Å²) in [5, 5.41) is 3.09. The summed E-state index contributed by atoms with van der Waals surface area (Å²) in [6, 6.07) is 11.4. The van der Waals surface area contributed by atoms with Gasteiger partial charge < -0.3 is 38.8 Å². The zero-order valence-electron chi connectivity index (χ0n) is 22.2. The molecule has 2 aromatic rings. The van der Waals surface area contributed by atoms with Crippen molar-refractivity contribution in [3.05, 3.63) is 53.9 Å². The number of halogens is 1. The number of amides is 1. The quantitative estimate of drug-likeness (QED) is 0.172. The zero-order chi connectivity index (χ0) is 24.6. The van der Waals surface area contributed by atoms with Gasteiger partial charge in [-0.2, -0.15) is 4.57 Å². The summed E-state index contributed by atoms with van der Waals surface area (Å²) in [5.41, 5.74) is 1.63. The number of carbonyl (C=O) groups excluding carboxylic acids is 1. The highest BCUT2D eigenvalue weighted by Gasteiger charge is 2.20. The largest absolute Gasteiger partial charge is 1.00 e. The Labute approximate surface area is 230 Å². The van der Waals surface area contributed by atoms with Crippen molar-refractivity contribution in [1.82, 2.24) is 5.32 Å². The summed E-state index contributed by atoms with van der Waals surface area (Å²) in [6.07, 6.45) is 15.0. The number of benzene rings is 1. The number of hydrogen-bond acceptors (Lipinski definition) is 3. The number of aryl methyl sites for hydroxylation is 1. The van der Waals surface area contributed by atoms with Gasteiger partial charge in [0.2, 0.25) is 0 Å². The second kappa shape index (κ2) is 18.4. The van der Waals surface area contributed by atoms with Gasteiger partial charge in [-0.1, -0.05) is 70.8 Å². The Kier molecular flexibility index (Phi) is 16.4. The normalized spacial score (nSPS) is 11.4. The fourth-order valence-corrected chi connectivity index (χ4v) is 4.16. The number of carbonyl (C=O) groups is 1. The Balaban J connectivity index is 0.00000612. The molecular weight excluding hydrogens is 551 g/mol.